The molecule has 1 aromatic rings. The Morgan fingerprint density at radius 3 is 2.06 bits per heavy atom. The zero-order chi connectivity index (χ0) is 13.8. The van der Waals surface area contributed by atoms with E-state index in [4.69, 9.17) is 10.2 Å². The van der Waals surface area contributed by atoms with Gasteiger partial charge in [0.1, 0.15) is 0 Å². The van der Waals surface area contributed by atoms with Crippen molar-refractivity contribution in [3.8, 4) is 0 Å². The number of aliphatic hydroxyl groups excluding tert-OH is 2. The van der Waals surface area contributed by atoms with E-state index < -0.39 is 10.0 Å². The summed E-state index contributed by atoms with van der Waals surface area (Å²) in [5.74, 6) is 0. The monoisotopic (exact) mass is 273 g/mol. The van der Waals surface area contributed by atoms with Gasteiger partial charge in [-0.15, -0.1) is 0 Å². The highest BCUT2D eigenvalue weighted by molar-refractivity contribution is 7.89. The van der Waals surface area contributed by atoms with E-state index in [2.05, 4.69) is 0 Å². The Hall–Kier alpha value is -0.950. The molecule has 0 aliphatic heterocycles. The summed E-state index contributed by atoms with van der Waals surface area (Å²) < 4.78 is 25.6. The first-order chi connectivity index (χ1) is 8.43. The molecule has 0 fully saturated rings. The van der Waals surface area contributed by atoms with Gasteiger partial charge in [0.05, 0.1) is 18.1 Å². The van der Waals surface area contributed by atoms with Crippen molar-refractivity contribution < 1.29 is 18.6 Å². The quantitative estimate of drug-likeness (QED) is 0.780. The largest absolute Gasteiger partial charge is 0.395 e. The second-order valence-electron chi connectivity index (χ2n) is 4.10. The first-order valence-corrected chi connectivity index (χ1v) is 7.16. The number of rotatable bonds is 6. The molecule has 0 bridgehead atoms. The highest BCUT2D eigenvalue weighted by Crippen LogP contribution is 2.18. The summed E-state index contributed by atoms with van der Waals surface area (Å²) in [5.41, 5.74) is 1.91. The molecule has 0 atom stereocenters. The van der Waals surface area contributed by atoms with Crippen LogP contribution in [0.1, 0.15) is 11.1 Å². The molecule has 102 valence electrons. The highest BCUT2D eigenvalue weighted by Gasteiger charge is 2.23. The summed E-state index contributed by atoms with van der Waals surface area (Å²) in [6.07, 6.45) is 0. The zero-order valence-electron chi connectivity index (χ0n) is 10.6. The van der Waals surface area contributed by atoms with E-state index in [9.17, 15) is 8.42 Å². The molecule has 0 heterocycles. The molecule has 0 saturated carbocycles. The predicted molar refractivity (Wildman–Crippen MR) is 68.8 cm³/mol. The van der Waals surface area contributed by atoms with Crippen LogP contribution in [0.3, 0.4) is 0 Å². The normalized spacial score (nSPS) is 12.1. The van der Waals surface area contributed by atoms with E-state index in [0.29, 0.717) is 0 Å². The van der Waals surface area contributed by atoms with Gasteiger partial charge in [-0.1, -0.05) is 6.07 Å². The van der Waals surface area contributed by atoms with Crippen LogP contribution in [0.15, 0.2) is 23.1 Å². The minimum atomic E-state index is -3.65. The zero-order valence-corrected chi connectivity index (χ0v) is 11.4. The van der Waals surface area contributed by atoms with E-state index in [0.717, 1.165) is 15.4 Å². The minimum absolute atomic E-state index is 0.0180. The SMILES string of the molecule is Cc1ccc(S(=O)(=O)N(CCO)CCO)cc1C. The summed E-state index contributed by atoms with van der Waals surface area (Å²) >= 11 is 0. The Morgan fingerprint density at radius 1 is 1.06 bits per heavy atom. The van der Waals surface area contributed by atoms with Crippen molar-refractivity contribution in [2.75, 3.05) is 26.3 Å². The maximum Gasteiger partial charge on any atom is 0.243 e. The second-order valence-corrected chi connectivity index (χ2v) is 6.04. The molecule has 18 heavy (non-hydrogen) atoms. The molecule has 0 aliphatic rings. The predicted octanol–water partition coefficient (Wildman–Crippen LogP) is 0.279. The third-order valence-electron chi connectivity index (χ3n) is 2.81. The van der Waals surface area contributed by atoms with E-state index in [-0.39, 0.29) is 31.2 Å². The summed E-state index contributed by atoms with van der Waals surface area (Å²) in [7, 11) is -3.65. The summed E-state index contributed by atoms with van der Waals surface area (Å²) in [4.78, 5) is 0.188. The van der Waals surface area contributed by atoms with Crippen LogP contribution in [-0.2, 0) is 10.0 Å². The number of nitrogens with zero attached hydrogens (tertiary/aromatic N) is 1. The van der Waals surface area contributed by atoms with Crippen molar-refractivity contribution in [2.24, 2.45) is 0 Å². The van der Waals surface area contributed by atoms with E-state index >= 15 is 0 Å². The molecule has 1 aromatic carbocycles. The molecule has 0 aliphatic carbocycles. The average molecular weight is 273 g/mol. The van der Waals surface area contributed by atoms with Gasteiger partial charge in [0.2, 0.25) is 10.0 Å². The van der Waals surface area contributed by atoms with Crippen LogP contribution >= 0.6 is 0 Å². The molecular weight excluding hydrogens is 254 g/mol. The Morgan fingerprint density at radius 2 is 1.61 bits per heavy atom. The van der Waals surface area contributed by atoms with Gasteiger partial charge in [-0.25, -0.2) is 8.42 Å². The van der Waals surface area contributed by atoms with Crippen molar-refractivity contribution in [2.45, 2.75) is 18.7 Å². The van der Waals surface area contributed by atoms with Gasteiger partial charge >= 0.3 is 0 Å². The van der Waals surface area contributed by atoms with Crippen LogP contribution in [0.25, 0.3) is 0 Å². The smallest absolute Gasteiger partial charge is 0.243 e. The van der Waals surface area contributed by atoms with Crippen LogP contribution < -0.4 is 0 Å². The Kier molecular flexibility index (Phi) is 5.28. The molecule has 0 amide bonds. The maximum absolute atomic E-state index is 12.3. The van der Waals surface area contributed by atoms with Crippen molar-refractivity contribution in [3.05, 3.63) is 29.3 Å². The standard InChI is InChI=1S/C12H19NO4S/c1-10-3-4-12(9-11(10)2)18(16,17)13(5-7-14)6-8-15/h3-4,9,14-15H,5-8H2,1-2H3. The van der Waals surface area contributed by atoms with E-state index in [1.165, 1.54) is 0 Å². The van der Waals surface area contributed by atoms with E-state index in [1.807, 2.05) is 13.8 Å². The fourth-order valence-corrected chi connectivity index (χ4v) is 3.11. The van der Waals surface area contributed by atoms with E-state index in [1.54, 1.807) is 18.2 Å². The van der Waals surface area contributed by atoms with Crippen LogP contribution in [0, 0.1) is 13.8 Å². The van der Waals surface area contributed by atoms with Crippen molar-refractivity contribution in [1.82, 2.24) is 4.31 Å². The molecule has 1 rings (SSSR count). The molecule has 0 radical (unpaired) electrons. The van der Waals surface area contributed by atoms with Gasteiger partial charge in [0, 0.05) is 13.1 Å². The Balaban J connectivity index is 3.13. The third-order valence-corrected chi connectivity index (χ3v) is 4.71. The number of aryl methyl sites for hydroxylation is 2. The fraction of sp³-hybridized carbons (Fsp3) is 0.500. The van der Waals surface area contributed by atoms with Crippen LogP contribution in [0.2, 0.25) is 0 Å². The number of aliphatic hydroxyl groups is 2. The van der Waals surface area contributed by atoms with Gasteiger partial charge in [-0.2, -0.15) is 4.31 Å². The maximum atomic E-state index is 12.3. The average Bonchev–Trinajstić information content (AvgIpc) is 2.32. The summed E-state index contributed by atoms with van der Waals surface area (Å²) in [5, 5.41) is 17.8. The first-order valence-electron chi connectivity index (χ1n) is 5.72. The molecule has 0 unspecified atom stereocenters. The van der Waals surface area contributed by atoms with Crippen LogP contribution in [0.4, 0.5) is 0 Å². The van der Waals surface area contributed by atoms with Gasteiger partial charge in [0.25, 0.3) is 0 Å². The van der Waals surface area contributed by atoms with Gasteiger partial charge in [-0.05, 0) is 37.1 Å². The summed E-state index contributed by atoms with van der Waals surface area (Å²) in [6, 6.07) is 4.89. The summed E-state index contributed by atoms with van der Waals surface area (Å²) in [6.45, 7) is 3.17. The lowest BCUT2D eigenvalue weighted by atomic mass is 10.1. The van der Waals surface area contributed by atoms with Gasteiger partial charge < -0.3 is 10.2 Å². The second kappa shape index (κ2) is 6.29. The van der Waals surface area contributed by atoms with Gasteiger partial charge in [0.15, 0.2) is 0 Å². The van der Waals surface area contributed by atoms with Crippen LogP contribution in [-0.4, -0.2) is 49.2 Å². The number of benzene rings is 1. The molecule has 0 spiro atoms. The lowest BCUT2D eigenvalue weighted by Crippen LogP contribution is -2.35. The molecule has 2 N–H and O–H groups in total. The molecule has 6 heteroatoms. The topological polar surface area (TPSA) is 77.8 Å². The number of sulfonamides is 1. The molecule has 0 saturated heterocycles. The van der Waals surface area contributed by atoms with Gasteiger partial charge in [-0.3, -0.25) is 0 Å². The van der Waals surface area contributed by atoms with Crippen molar-refractivity contribution >= 4 is 10.0 Å². The third kappa shape index (κ3) is 3.29. The Bertz CT molecular complexity index is 493. The lowest BCUT2D eigenvalue weighted by molar-refractivity contribution is 0.217. The molecule has 5 nitrogen and oxygen atoms in total. The van der Waals surface area contributed by atoms with Crippen molar-refractivity contribution in [3.63, 3.8) is 0 Å². The highest BCUT2D eigenvalue weighted by atomic mass is 32.2. The molecular formula is C12H19NO4S. The minimum Gasteiger partial charge on any atom is -0.395 e. The van der Waals surface area contributed by atoms with Crippen molar-refractivity contribution in [1.29, 1.82) is 0 Å². The number of hydrogen-bond donors (Lipinski definition) is 2. The first kappa shape index (κ1) is 15.1. The molecule has 0 aromatic heterocycles. The van der Waals surface area contributed by atoms with Crippen LogP contribution in [0.5, 0.6) is 0 Å². The lowest BCUT2D eigenvalue weighted by Gasteiger charge is -2.20. The Labute approximate surface area is 108 Å². The number of hydrogen-bond acceptors (Lipinski definition) is 4. The fourth-order valence-electron chi connectivity index (χ4n) is 1.60.